The number of benzene rings is 2. The van der Waals surface area contributed by atoms with Crippen LogP contribution in [0.4, 0.5) is 4.79 Å². The Hall–Kier alpha value is -3.44. The Bertz CT molecular complexity index is 1090. The Morgan fingerprint density at radius 2 is 1.79 bits per heavy atom. The number of carbonyl (C=O) groups is 3. The maximum atomic E-state index is 13.0. The smallest absolute Gasteiger partial charge is 0.407 e. The molecule has 33 heavy (non-hydrogen) atoms. The molecular formula is C25H24N2O5S. The van der Waals surface area contributed by atoms with Crippen molar-refractivity contribution in [1.29, 1.82) is 0 Å². The van der Waals surface area contributed by atoms with Crippen LogP contribution in [-0.2, 0) is 14.3 Å². The highest BCUT2D eigenvalue weighted by Gasteiger charge is 2.38. The van der Waals surface area contributed by atoms with Crippen LogP contribution in [-0.4, -0.2) is 58.3 Å². The SMILES string of the molecule is CC#CCC(NC(=O)OCC1c2ccccc2-c2ccccc21)C(=O)N1CSCC1C(=O)O. The third kappa shape index (κ3) is 4.69. The second-order valence-electron chi connectivity index (χ2n) is 7.82. The predicted octanol–water partition coefficient (Wildman–Crippen LogP) is 3.29. The van der Waals surface area contributed by atoms with Crippen LogP contribution in [0.1, 0.15) is 30.4 Å². The molecular weight excluding hydrogens is 440 g/mol. The topological polar surface area (TPSA) is 95.9 Å². The number of nitrogens with zero attached hydrogens (tertiary/aromatic N) is 1. The Morgan fingerprint density at radius 3 is 2.39 bits per heavy atom. The van der Waals surface area contributed by atoms with Crippen LogP contribution >= 0.6 is 11.8 Å². The Labute approximate surface area is 196 Å². The molecule has 0 spiro atoms. The van der Waals surface area contributed by atoms with Crippen LogP contribution in [0.25, 0.3) is 11.1 Å². The third-order valence-electron chi connectivity index (χ3n) is 5.87. The van der Waals surface area contributed by atoms with Crippen LogP contribution < -0.4 is 5.32 Å². The van der Waals surface area contributed by atoms with Crippen molar-refractivity contribution in [3.8, 4) is 23.0 Å². The minimum Gasteiger partial charge on any atom is -0.480 e. The van der Waals surface area contributed by atoms with Crippen LogP contribution in [0.2, 0.25) is 0 Å². The summed E-state index contributed by atoms with van der Waals surface area (Å²) in [5, 5.41) is 12.0. The first kappa shape index (κ1) is 22.7. The maximum absolute atomic E-state index is 13.0. The molecule has 2 aromatic carbocycles. The van der Waals surface area contributed by atoms with E-state index in [1.54, 1.807) is 6.92 Å². The van der Waals surface area contributed by atoms with Gasteiger partial charge in [-0.3, -0.25) is 4.79 Å². The first-order valence-corrected chi connectivity index (χ1v) is 11.8. The van der Waals surface area contributed by atoms with Gasteiger partial charge >= 0.3 is 12.1 Å². The van der Waals surface area contributed by atoms with Crippen molar-refractivity contribution in [2.45, 2.75) is 31.3 Å². The summed E-state index contributed by atoms with van der Waals surface area (Å²) in [6.07, 6.45) is -0.653. The van der Waals surface area contributed by atoms with E-state index >= 15 is 0 Å². The molecule has 7 nitrogen and oxygen atoms in total. The van der Waals surface area contributed by atoms with Gasteiger partial charge in [-0.15, -0.1) is 23.6 Å². The minimum absolute atomic E-state index is 0.0764. The summed E-state index contributed by atoms with van der Waals surface area (Å²) in [7, 11) is 0. The molecule has 2 aromatic rings. The molecule has 2 atom stereocenters. The number of nitrogens with one attached hydrogen (secondary N) is 1. The van der Waals surface area contributed by atoms with E-state index in [1.165, 1.54) is 16.7 Å². The van der Waals surface area contributed by atoms with Gasteiger partial charge in [-0.1, -0.05) is 48.5 Å². The van der Waals surface area contributed by atoms with E-state index in [1.807, 2.05) is 36.4 Å². The second-order valence-corrected chi connectivity index (χ2v) is 8.82. The number of thioether (sulfide) groups is 1. The van der Waals surface area contributed by atoms with Crippen LogP contribution in [0.5, 0.6) is 0 Å². The molecule has 2 unspecified atom stereocenters. The van der Waals surface area contributed by atoms with Gasteiger partial charge in [0.25, 0.3) is 0 Å². The number of rotatable bonds is 6. The van der Waals surface area contributed by atoms with Crippen LogP contribution in [0.3, 0.4) is 0 Å². The Kier molecular flexibility index (Phi) is 6.90. The summed E-state index contributed by atoms with van der Waals surface area (Å²) >= 11 is 1.37. The van der Waals surface area contributed by atoms with Gasteiger partial charge in [-0.25, -0.2) is 9.59 Å². The molecule has 0 radical (unpaired) electrons. The molecule has 2 N–H and O–H groups in total. The van der Waals surface area contributed by atoms with Crippen molar-refractivity contribution in [1.82, 2.24) is 10.2 Å². The highest BCUT2D eigenvalue weighted by molar-refractivity contribution is 7.99. The molecule has 1 aliphatic heterocycles. The van der Waals surface area contributed by atoms with E-state index in [4.69, 9.17) is 4.74 Å². The fourth-order valence-corrected chi connectivity index (χ4v) is 5.41. The number of fused-ring (bicyclic) bond motifs is 3. The van der Waals surface area contributed by atoms with Gasteiger partial charge in [0.15, 0.2) is 0 Å². The molecule has 0 bridgehead atoms. The summed E-state index contributed by atoms with van der Waals surface area (Å²) < 4.78 is 5.55. The number of alkyl carbamates (subject to hydrolysis) is 1. The zero-order valence-corrected chi connectivity index (χ0v) is 18.9. The van der Waals surface area contributed by atoms with Gasteiger partial charge < -0.3 is 20.1 Å². The van der Waals surface area contributed by atoms with Crippen LogP contribution in [0, 0.1) is 11.8 Å². The number of hydrogen-bond donors (Lipinski definition) is 2. The fraction of sp³-hybridized carbons (Fsp3) is 0.320. The lowest BCUT2D eigenvalue weighted by molar-refractivity contribution is -0.148. The summed E-state index contributed by atoms with van der Waals surface area (Å²) in [5.41, 5.74) is 4.43. The molecule has 2 aliphatic rings. The van der Waals surface area contributed by atoms with Crippen molar-refractivity contribution in [2.24, 2.45) is 0 Å². The monoisotopic (exact) mass is 464 g/mol. The van der Waals surface area contributed by atoms with E-state index in [2.05, 4.69) is 29.3 Å². The van der Waals surface area contributed by atoms with Gasteiger partial charge in [0.05, 0.1) is 5.88 Å². The van der Waals surface area contributed by atoms with Gasteiger partial charge in [-0.05, 0) is 29.2 Å². The maximum Gasteiger partial charge on any atom is 0.407 e. The van der Waals surface area contributed by atoms with E-state index < -0.39 is 30.1 Å². The summed E-state index contributed by atoms with van der Waals surface area (Å²) in [4.78, 5) is 38.4. The second kappa shape index (κ2) is 10.0. The lowest BCUT2D eigenvalue weighted by Crippen LogP contribution is -2.52. The molecule has 8 heteroatoms. The summed E-state index contributed by atoms with van der Waals surface area (Å²) in [6.45, 7) is 1.76. The molecule has 1 fully saturated rings. The Morgan fingerprint density at radius 1 is 1.15 bits per heavy atom. The summed E-state index contributed by atoms with van der Waals surface area (Å²) in [5.74, 6) is 4.47. The number of aliphatic carboxylic acids is 1. The Balaban J connectivity index is 1.45. The molecule has 0 aromatic heterocycles. The molecule has 2 amide bonds. The first-order chi connectivity index (χ1) is 16.0. The zero-order chi connectivity index (χ0) is 23.4. The van der Waals surface area contributed by atoms with E-state index in [0.717, 1.165) is 22.3 Å². The quantitative estimate of drug-likeness (QED) is 0.637. The van der Waals surface area contributed by atoms with E-state index in [0.29, 0.717) is 5.75 Å². The molecule has 1 heterocycles. The number of carboxylic acids is 1. The standard InChI is InChI=1S/C25H24N2O5S/c1-2-3-12-21(23(28)27-15-33-14-22(27)24(29)30)26-25(31)32-13-20-18-10-6-4-8-16(18)17-9-5-7-11-19(17)20/h4-11,20-22H,12-15H2,1H3,(H,26,31)(H,29,30). The van der Waals surface area contributed by atoms with Gasteiger partial charge in [0.2, 0.25) is 5.91 Å². The lowest BCUT2D eigenvalue weighted by Gasteiger charge is -2.25. The number of hydrogen-bond acceptors (Lipinski definition) is 5. The molecule has 1 aliphatic carbocycles. The van der Waals surface area contributed by atoms with Crippen molar-refractivity contribution in [3.63, 3.8) is 0 Å². The first-order valence-electron chi connectivity index (χ1n) is 10.6. The number of ether oxygens (including phenoxy) is 1. The van der Waals surface area contributed by atoms with Crippen molar-refractivity contribution < 1.29 is 24.2 Å². The predicted molar refractivity (Wildman–Crippen MR) is 126 cm³/mol. The fourth-order valence-electron chi connectivity index (χ4n) is 4.25. The third-order valence-corrected chi connectivity index (χ3v) is 6.88. The highest BCUT2D eigenvalue weighted by atomic mass is 32.2. The average molecular weight is 465 g/mol. The van der Waals surface area contributed by atoms with Crippen molar-refractivity contribution in [2.75, 3.05) is 18.2 Å². The molecule has 0 saturated carbocycles. The number of amides is 2. The van der Waals surface area contributed by atoms with Gasteiger partial charge in [-0.2, -0.15) is 0 Å². The average Bonchev–Trinajstić information content (AvgIpc) is 3.43. The van der Waals surface area contributed by atoms with Crippen molar-refractivity contribution >= 4 is 29.7 Å². The normalized spacial score (nSPS) is 17.4. The number of carboxylic acid groups (broad SMARTS) is 1. The van der Waals surface area contributed by atoms with Gasteiger partial charge in [0.1, 0.15) is 18.7 Å². The minimum atomic E-state index is -1.06. The molecule has 1 saturated heterocycles. The van der Waals surface area contributed by atoms with Crippen LogP contribution in [0.15, 0.2) is 48.5 Å². The van der Waals surface area contributed by atoms with Crippen molar-refractivity contribution in [3.05, 3.63) is 59.7 Å². The highest BCUT2D eigenvalue weighted by Crippen LogP contribution is 2.44. The molecule has 4 rings (SSSR count). The largest absolute Gasteiger partial charge is 0.480 e. The lowest BCUT2D eigenvalue weighted by atomic mass is 9.98. The number of carbonyl (C=O) groups excluding carboxylic acids is 2. The zero-order valence-electron chi connectivity index (χ0n) is 18.1. The summed E-state index contributed by atoms with van der Waals surface area (Å²) in [6, 6.07) is 14.2. The van der Waals surface area contributed by atoms with Gasteiger partial charge in [0, 0.05) is 18.1 Å². The van der Waals surface area contributed by atoms with E-state index in [9.17, 15) is 19.5 Å². The molecule has 170 valence electrons. The van der Waals surface area contributed by atoms with E-state index in [-0.39, 0.29) is 24.8 Å².